The van der Waals surface area contributed by atoms with Crippen molar-refractivity contribution in [3.63, 3.8) is 0 Å². The van der Waals surface area contributed by atoms with Gasteiger partial charge in [0, 0.05) is 22.2 Å². The molecule has 0 bridgehead atoms. The number of benzene rings is 1. The Kier molecular flexibility index (Phi) is 5.13. The van der Waals surface area contributed by atoms with Crippen LogP contribution in [-0.4, -0.2) is 15.6 Å². The highest BCUT2D eigenvalue weighted by molar-refractivity contribution is 7.17. The van der Waals surface area contributed by atoms with Crippen LogP contribution in [0.25, 0.3) is 21.3 Å². The highest BCUT2D eigenvalue weighted by Crippen LogP contribution is 2.30. The van der Waals surface area contributed by atoms with E-state index in [1.807, 2.05) is 47.2 Å². The highest BCUT2D eigenvalue weighted by atomic mass is 32.1. The third-order valence-corrected chi connectivity index (χ3v) is 6.05. The lowest BCUT2D eigenvalue weighted by Crippen LogP contribution is -2.33. The van der Waals surface area contributed by atoms with Gasteiger partial charge < -0.3 is 0 Å². The molecule has 0 spiro atoms. The summed E-state index contributed by atoms with van der Waals surface area (Å²) < 4.78 is 1.19. The van der Waals surface area contributed by atoms with Gasteiger partial charge in [-0.3, -0.25) is 15.0 Å². The Balaban J connectivity index is 1.53. The number of fused-ring (bicyclic) bond motifs is 1. The van der Waals surface area contributed by atoms with Gasteiger partial charge in [-0.2, -0.15) is 0 Å². The molecule has 0 fully saturated rings. The molecule has 5 nitrogen and oxygen atoms in total. The summed E-state index contributed by atoms with van der Waals surface area (Å²) >= 11 is 3.11. The second kappa shape index (κ2) is 7.85. The zero-order valence-electron chi connectivity index (χ0n) is 14.4. The van der Waals surface area contributed by atoms with E-state index < -0.39 is 0 Å². The standard InChI is InChI=1S/C20H17N3O2S2/c24-17(10-4-8-15-9-5-11-26-15)22-23-13-21-19-18(20(23)25)16(12-27-19)14-6-2-1-3-7-14/h1-3,5-7,9,11-13H,4,8,10H2,(H,22,24). The summed E-state index contributed by atoms with van der Waals surface area (Å²) in [7, 11) is 0. The lowest BCUT2D eigenvalue weighted by Gasteiger charge is -2.08. The van der Waals surface area contributed by atoms with Crippen LogP contribution >= 0.6 is 22.7 Å². The number of thiophene rings is 2. The molecule has 0 aliphatic rings. The van der Waals surface area contributed by atoms with E-state index in [1.165, 1.54) is 27.2 Å². The molecule has 0 atom stereocenters. The average molecular weight is 396 g/mol. The topological polar surface area (TPSA) is 64.0 Å². The van der Waals surface area contributed by atoms with Gasteiger partial charge in [-0.1, -0.05) is 36.4 Å². The second-order valence-electron chi connectivity index (χ2n) is 6.08. The Bertz CT molecular complexity index is 1120. The molecular weight excluding hydrogens is 378 g/mol. The monoisotopic (exact) mass is 395 g/mol. The van der Waals surface area contributed by atoms with E-state index in [2.05, 4.69) is 16.5 Å². The van der Waals surface area contributed by atoms with E-state index in [-0.39, 0.29) is 11.5 Å². The maximum absolute atomic E-state index is 12.9. The van der Waals surface area contributed by atoms with Crippen LogP contribution in [0.4, 0.5) is 0 Å². The Labute approximate surface area is 163 Å². The van der Waals surface area contributed by atoms with Crippen LogP contribution < -0.4 is 11.0 Å². The Hall–Kier alpha value is -2.77. The fraction of sp³-hybridized carbons (Fsp3) is 0.150. The smallest absolute Gasteiger partial charge is 0.273 e. The second-order valence-corrected chi connectivity index (χ2v) is 7.97. The Morgan fingerprint density at radius 3 is 2.74 bits per heavy atom. The van der Waals surface area contributed by atoms with Gasteiger partial charge in [-0.05, 0) is 29.9 Å². The molecular formula is C20H17N3O2S2. The van der Waals surface area contributed by atoms with E-state index in [1.54, 1.807) is 11.3 Å². The van der Waals surface area contributed by atoms with Crippen LogP contribution in [0.2, 0.25) is 0 Å². The largest absolute Gasteiger partial charge is 0.281 e. The molecule has 4 rings (SSSR count). The minimum absolute atomic E-state index is 0.189. The van der Waals surface area contributed by atoms with E-state index in [4.69, 9.17) is 0 Å². The van der Waals surface area contributed by atoms with Crippen LogP contribution in [0.3, 0.4) is 0 Å². The molecule has 0 aliphatic heterocycles. The first kappa shape index (κ1) is 17.6. The van der Waals surface area contributed by atoms with Crippen molar-refractivity contribution in [2.45, 2.75) is 19.3 Å². The summed E-state index contributed by atoms with van der Waals surface area (Å²) in [4.78, 5) is 31.4. The molecule has 4 aromatic rings. The predicted octanol–water partition coefficient (Wildman–Crippen LogP) is 4.28. The van der Waals surface area contributed by atoms with Gasteiger partial charge in [0.25, 0.3) is 5.56 Å². The molecule has 1 N–H and O–H groups in total. The third-order valence-electron chi connectivity index (χ3n) is 4.23. The van der Waals surface area contributed by atoms with E-state index >= 15 is 0 Å². The first-order chi connectivity index (χ1) is 13.2. The van der Waals surface area contributed by atoms with Crippen molar-refractivity contribution in [2.24, 2.45) is 0 Å². The maximum Gasteiger partial charge on any atom is 0.281 e. The van der Waals surface area contributed by atoms with Gasteiger partial charge in [0.2, 0.25) is 5.91 Å². The van der Waals surface area contributed by atoms with Crippen molar-refractivity contribution in [3.05, 3.63) is 74.8 Å². The molecule has 3 aromatic heterocycles. The Morgan fingerprint density at radius 2 is 1.96 bits per heavy atom. The van der Waals surface area contributed by atoms with Crippen molar-refractivity contribution in [3.8, 4) is 11.1 Å². The number of hydrogen-bond acceptors (Lipinski definition) is 5. The van der Waals surface area contributed by atoms with Crippen molar-refractivity contribution < 1.29 is 4.79 Å². The van der Waals surface area contributed by atoms with Crippen molar-refractivity contribution in [1.29, 1.82) is 0 Å². The van der Waals surface area contributed by atoms with Crippen molar-refractivity contribution in [1.82, 2.24) is 9.66 Å². The number of aryl methyl sites for hydroxylation is 1. The first-order valence-electron chi connectivity index (χ1n) is 8.59. The van der Waals surface area contributed by atoms with Gasteiger partial charge in [-0.25, -0.2) is 9.66 Å². The molecule has 1 amide bonds. The molecule has 0 unspecified atom stereocenters. The zero-order valence-corrected chi connectivity index (χ0v) is 16.1. The average Bonchev–Trinajstić information content (AvgIpc) is 3.35. The number of aromatic nitrogens is 2. The fourth-order valence-corrected chi connectivity index (χ4v) is 4.57. The van der Waals surface area contributed by atoms with Crippen LogP contribution in [0.5, 0.6) is 0 Å². The third kappa shape index (κ3) is 3.84. The summed E-state index contributed by atoms with van der Waals surface area (Å²) in [5.41, 5.74) is 4.21. The molecule has 7 heteroatoms. The van der Waals surface area contributed by atoms with Crippen molar-refractivity contribution >= 4 is 38.8 Å². The number of rotatable bonds is 6. The van der Waals surface area contributed by atoms with Gasteiger partial charge in [-0.15, -0.1) is 22.7 Å². The number of amides is 1. The molecule has 0 aliphatic carbocycles. The number of nitrogens with zero attached hydrogens (tertiary/aromatic N) is 2. The molecule has 0 radical (unpaired) electrons. The SMILES string of the molecule is O=C(CCCc1cccs1)Nn1cnc2scc(-c3ccccc3)c2c1=O. The minimum atomic E-state index is -0.258. The lowest BCUT2D eigenvalue weighted by molar-refractivity contribution is -0.117. The summed E-state index contributed by atoms with van der Waals surface area (Å²) in [6.45, 7) is 0. The van der Waals surface area contributed by atoms with Crippen LogP contribution in [0.1, 0.15) is 17.7 Å². The number of carbonyl (C=O) groups is 1. The van der Waals surface area contributed by atoms with Crippen LogP contribution in [0, 0.1) is 0 Å². The molecule has 1 aromatic carbocycles. The Morgan fingerprint density at radius 1 is 1.11 bits per heavy atom. The van der Waals surface area contributed by atoms with Crippen LogP contribution in [-0.2, 0) is 11.2 Å². The summed E-state index contributed by atoms with van der Waals surface area (Å²) in [6.07, 6.45) is 3.34. The molecule has 3 heterocycles. The van der Waals surface area contributed by atoms with E-state index in [9.17, 15) is 9.59 Å². The van der Waals surface area contributed by atoms with Crippen LogP contribution in [0.15, 0.2) is 64.3 Å². The van der Waals surface area contributed by atoms with Gasteiger partial charge >= 0.3 is 0 Å². The number of carbonyl (C=O) groups excluding carboxylic acids is 1. The molecule has 27 heavy (non-hydrogen) atoms. The summed E-state index contributed by atoms with van der Waals surface area (Å²) in [5.74, 6) is -0.189. The minimum Gasteiger partial charge on any atom is -0.273 e. The van der Waals surface area contributed by atoms with Gasteiger partial charge in [0.1, 0.15) is 11.2 Å². The fourth-order valence-electron chi connectivity index (χ4n) is 2.91. The van der Waals surface area contributed by atoms with Gasteiger partial charge in [0.05, 0.1) is 5.39 Å². The predicted molar refractivity (Wildman–Crippen MR) is 111 cm³/mol. The number of nitrogens with one attached hydrogen (secondary N) is 1. The molecule has 0 saturated carbocycles. The van der Waals surface area contributed by atoms with E-state index in [0.29, 0.717) is 16.6 Å². The molecule has 136 valence electrons. The van der Waals surface area contributed by atoms with E-state index in [0.717, 1.165) is 24.0 Å². The summed E-state index contributed by atoms with van der Waals surface area (Å²) in [6, 6.07) is 13.8. The van der Waals surface area contributed by atoms with Crippen molar-refractivity contribution in [2.75, 3.05) is 5.43 Å². The maximum atomic E-state index is 12.9. The number of hydrogen-bond donors (Lipinski definition) is 1. The lowest BCUT2D eigenvalue weighted by atomic mass is 10.1. The quantitative estimate of drug-likeness (QED) is 0.530. The first-order valence-corrected chi connectivity index (χ1v) is 10.3. The highest BCUT2D eigenvalue weighted by Gasteiger charge is 2.14. The molecule has 0 saturated heterocycles. The zero-order chi connectivity index (χ0) is 18.6. The normalized spacial score (nSPS) is 11.0. The summed E-state index contributed by atoms with van der Waals surface area (Å²) in [5, 5.41) is 4.50. The van der Waals surface area contributed by atoms with Gasteiger partial charge in [0.15, 0.2) is 0 Å².